The number of aromatic amines is 1. The van der Waals surface area contributed by atoms with Crippen LogP contribution in [0.1, 0.15) is 13.3 Å². The molecule has 0 saturated heterocycles. The van der Waals surface area contributed by atoms with Gasteiger partial charge in [0.2, 0.25) is 5.91 Å². The van der Waals surface area contributed by atoms with E-state index in [2.05, 4.69) is 25.8 Å². The molecule has 3 rings (SSSR count). The summed E-state index contributed by atoms with van der Waals surface area (Å²) in [6, 6.07) is 1.58. The Morgan fingerprint density at radius 2 is 2.22 bits per heavy atom. The highest BCUT2D eigenvalue weighted by atomic mass is 19.1. The van der Waals surface area contributed by atoms with Crippen LogP contribution < -0.4 is 10.6 Å². The van der Waals surface area contributed by atoms with E-state index in [1.54, 1.807) is 20.0 Å². The van der Waals surface area contributed by atoms with Crippen molar-refractivity contribution in [3.63, 3.8) is 0 Å². The fourth-order valence-electron chi connectivity index (χ4n) is 2.86. The number of nitrogens with one attached hydrogen (secondary N) is 3. The molecule has 3 N–H and O–H groups in total. The number of halogens is 2. The van der Waals surface area contributed by atoms with E-state index in [0.717, 1.165) is 12.2 Å². The standard InChI is InChI=1S/C17H19F2N6O2/c1-3-6-25(27)12-5-4-11(18)13(14(12)19)17(26)22-9-7-10-15(20-2)23-24-16(10)21-8-9/h4-5,7-8,13-14H,3,6H2,1-2H3,(H,22,26)(H2,20,21,23,24)/q-1. The maximum atomic E-state index is 14.7. The van der Waals surface area contributed by atoms with Crippen LogP contribution in [0.5, 0.6) is 0 Å². The van der Waals surface area contributed by atoms with Crippen molar-refractivity contribution in [3.8, 4) is 0 Å². The van der Waals surface area contributed by atoms with Gasteiger partial charge in [-0.05, 0) is 24.6 Å². The minimum absolute atomic E-state index is 0.0594. The molecule has 0 aliphatic heterocycles. The molecular weight excluding hydrogens is 358 g/mol. The molecule has 10 heteroatoms. The average molecular weight is 377 g/mol. The molecule has 0 radical (unpaired) electrons. The third-order valence-electron chi connectivity index (χ3n) is 4.20. The number of hydroxylamine groups is 2. The van der Waals surface area contributed by atoms with Crippen LogP contribution in [-0.4, -0.2) is 45.9 Å². The van der Waals surface area contributed by atoms with Crippen LogP contribution in [0.15, 0.2) is 35.9 Å². The van der Waals surface area contributed by atoms with Crippen LogP contribution in [0.2, 0.25) is 0 Å². The van der Waals surface area contributed by atoms with E-state index < -0.39 is 23.8 Å². The lowest BCUT2D eigenvalue weighted by Crippen LogP contribution is -2.38. The molecule has 2 heterocycles. The van der Waals surface area contributed by atoms with Gasteiger partial charge in [-0.25, -0.2) is 13.8 Å². The first-order chi connectivity index (χ1) is 13.0. The highest BCUT2D eigenvalue weighted by Crippen LogP contribution is 2.32. The molecule has 0 bridgehead atoms. The minimum Gasteiger partial charge on any atom is -0.758 e. The lowest BCUT2D eigenvalue weighted by Gasteiger charge is -2.37. The number of amides is 1. The Morgan fingerprint density at radius 3 is 2.93 bits per heavy atom. The van der Waals surface area contributed by atoms with Crippen LogP contribution in [0.4, 0.5) is 20.3 Å². The Hall–Kier alpha value is -3.01. The summed E-state index contributed by atoms with van der Waals surface area (Å²) >= 11 is 0. The largest absolute Gasteiger partial charge is 0.758 e. The predicted octanol–water partition coefficient (Wildman–Crippen LogP) is 2.85. The summed E-state index contributed by atoms with van der Waals surface area (Å²) in [6.07, 6.45) is 1.80. The van der Waals surface area contributed by atoms with Gasteiger partial charge in [0.1, 0.15) is 11.7 Å². The molecule has 0 spiro atoms. The predicted molar refractivity (Wildman–Crippen MR) is 98.1 cm³/mol. The summed E-state index contributed by atoms with van der Waals surface area (Å²) in [7, 11) is 1.68. The molecule has 2 aromatic heterocycles. The third-order valence-corrected chi connectivity index (χ3v) is 4.20. The van der Waals surface area contributed by atoms with Crippen molar-refractivity contribution in [3.05, 3.63) is 41.1 Å². The fourth-order valence-corrected chi connectivity index (χ4v) is 2.86. The molecule has 0 saturated carbocycles. The monoisotopic (exact) mass is 377 g/mol. The number of fused-ring (bicyclic) bond motifs is 1. The minimum atomic E-state index is -2.07. The second kappa shape index (κ2) is 7.70. The van der Waals surface area contributed by atoms with Gasteiger partial charge in [0.05, 0.1) is 17.3 Å². The van der Waals surface area contributed by atoms with Crippen LogP contribution in [0, 0.1) is 11.1 Å². The van der Waals surface area contributed by atoms with E-state index in [9.17, 15) is 18.8 Å². The van der Waals surface area contributed by atoms with Gasteiger partial charge >= 0.3 is 0 Å². The zero-order valence-electron chi connectivity index (χ0n) is 14.8. The molecule has 1 amide bonds. The van der Waals surface area contributed by atoms with Crippen molar-refractivity contribution in [1.29, 1.82) is 0 Å². The van der Waals surface area contributed by atoms with Crippen LogP contribution >= 0.6 is 0 Å². The average Bonchev–Trinajstić information content (AvgIpc) is 3.04. The molecule has 2 aromatic rings. The summed E-state index contributed by atoms with van der Waals surface area (Å²) in [5, 5.41) is 25.0. The molecular formula is C17H19F2N6O2-. The molecule has 144 valence electrons. The highest BCUT2D eigenvalue weighted by molar-refractivity contribution is 5.97. The van der Waals surface area contributed by atoms with E-state index in [1.165, 1.54) is 6.20 Å². The van der Waals surface area contributed by atoms with E-state index >= 15 is 0 Å². The number of carbonyl (C=O) groups excluding carboxylic acids is 1. The van der Waals surface area contributed by atoms with Gasteiger partial charge in [0.15, 0.2) is 17.6 Å². The Kier molecular flexibility index (Phi) is 5.36. The van der Waals surface area contributed by atoms with Gasteiger partial charge < -0.3 is 20.9 Å². The molecule has 2 atom stereocenters. The van der Waals surface area contributed by atoms with Crippen LogP contribution in [0.25, 0.3) is 11.0 Å². The summed E-state index contributed by atoms with van der Waals surface area (Å²) in [5.41, 5.74) is 0.490. The molecule has 1 aliphatic carbocycles. The lowest BCUT2D eigenvalue weighted by molar-refractivity contribution is -0.120. The summed E-state index contributed by atoms with van der Waals surface area (Å²) in [5.74, 6) is -3.06. The van der Waals surface area contributed by atoms with Crippen molar-refractivity contribution in [1.82, 2.24) is 20.2 Å². The number of alkyl halides is 1. The summed E-state index contributed by atoms with van der Waals surface area (Å²) < 4.78 is 28.9. The van der Waals surface area contributed by atoms with E-state index in [-0.39, 0.29) is 17.9 Å². The van der Waals surface area contributed by atoms with Gasteiger partial charge in [0, 0.05) is 19.3 Å². The van der Waals surface area contributed by atoms with Gasteiger partial charge in [0.25, 0.3) is 0 Å². The topological polar surface area (TPSA) is 109 Å². The van der Waals surface area contributed by atoms with Crippen molar-refractivity contribution >= 4 is 28.4 Å². The SMILES string of the molecule is CCCN([O-])C1=CC=C(F)C(C(=O)Nc2cnc3[nH]nc(NC)c3c2)C1F. The zero-order chi connectivity index (χ0) is 19.6. The van der Waals surface area contributed by atoms with Gasteiger partial charge in [-0.3, -0.25) is 9.89 Å². The van der Waals surface area contributed by atoms with Gasteiger partial charge in [-0.15, -0.1) is 0 Å². The normalized spacial score (nSPS) is 19.4. The number of anilines is 2. The maximum absolute atomic E-state index is 14.7. The van der Waals surface area contributed by atoms with Crippen LogP contribution in [0.3, 0.4) is 0 Å². The molecule has 1 aliphatic rings. The van der Waals surface area contributed by atoms with Crippen LogP contribution in [-0.2, 0) is 4.79 Å². The van der Waals surface area contributed by atoms with E-state index in [0.29, 0.717) is 28.3 Å². The Balaban J connectivity index is 1.81. The summed E-state index contributed by atoms with van der Waals surface area (Å²) in [6.45, 7) is 1.82. The molecule has 8 nitrogen and oxygen atoms in total. The molecule has 0 fully saturated rings. The van der Waals surface area contributed by atoms with Crippen molar-refractivity contribution in [2.75, 3.05) is 24.2 Å². The molecule has 0 aromatic carbocycles. The number of H-pyrrole nitrogens is 1. The number of nitrogens with zero attached hydrogens (tertiary/aromatic N) is 3. The zero-order valence-corrected chi connectivity index (χ0v) is 14.8. The van der Waals surface area contributed by atoms with E-state index in [1.807, 2.05) is 0 Å². The number of allylic oxidation sites excluding steroid dienone is 3. The summed E-state index contributed by atoms with van der Waals surface area (Å²) in [4.78, 5) is 16.6. The van der Waals surface area contributed by atoms with E-state index in [4.69, 9.17) is 0 Å². The number of hydrogen-bond donors (Lipinski definition) is 3. The number of aromatic nitrogens is 3. The first kappa shape index (κ1) is 18.8. The second-order valence-corrected chi connectivity index (χ2v) is 6.06. The fraction of sp³-hybridized carbons (Fsp3) is 0.353. The Morgan fingerprint density at radius 1 is 1.44 bits per heavy atom. The van der Waals surface area contributed by atoms with Crippen molar-refractivity contribution < 1.29 is 13.6 Å². The molecule has 2 unspecified atom stereocenters. The Labute approximate surface area is 153 Å². The Bertz CT molecular complexity index is 910. The first-order valence-electron chi connectivity index (χ1n) is 8.45. The number of rotatable bonds is 6. The van der Waals surface area contributed by atoms with Gasteiger partial charge in [-0.1, -0.05) is 6.92 Å². The second-order valence-electron chi connectivity index (χ2n) is 6.06. The smallest absolute Gasteiger partial charge is 0.237 e. The first-order valence-corrected chi connectivity index (χ1v) is 8.45. The number of carbonyl (C=O) groups is 1. The molecule has 27 heavy (non-hydrogen) atoms. The van der Waals surface area contributed by atoms with Gasteiger partial charge in [-0.2, -0.15) is 5.10 Å². The number of hydrogen-bond acceptors (Lipinski definition) is 6. The maximum Gasteiger partial charge on any atom is 0.237 e. The lowest BCUT2D eigenvalue weighted by atomic mass is 9.93. The van der Waals surface area contributed by atoms with Crippen molar-refractivity contribution in [2.24, 2.45) is 5.92 Å². The number of pyridine rings is 1. The quantitative estimate of drug-likeness (QED) is 0.668. The highest BCUT2D eigenvalue weighted by Gasteiger charge is 2.37. The third kappa shape index (κ3) is 3.61. The van der Waals surface area contributed by atoms with Crippen molar-refractivity contribution in [2.45, 2.75) is 19.5 Å².